The molecule has 0 amide bonds. The summed E-state index contributed by atoms with van der Waals surface area (Å²) in [5, 5.41) is 8.10. The number of hydrazone groups is 1. The minimum absolute atomic E-state index is 0.338. The molecule has 2 rings (SSSR count). The van der Waals surface area contributed by atoms with Gasteiger partial charge in [0.25, 0.3) is 0 Å². The predicted octanol–water partition coefficient (Wildman–Crippen LogP) is 3.91. The molecule has 0 aliphatic heterocycles. The van der Waals surface area contributed by atoms with E-state index in [0.29, 0.717) is 34.8 Å². The maximum Gasteiger partial charge on any atom is 0.187 e. The molecule has 0 heterocycles. The van der Waals surface area contributed by atoms with Crippen LogP contribution in [0.15, 0.2) is 60.2 Å². The number of thiocarbonyl (C=S) groups is 1. The SMILES string of the molecule is C=CCNC(=S)N/N=C/c1ccc(OC)c(OCc2ccccc2Cl)c1. The van der Waals surface area contributed by atoms with Crippen LogP contribution in [0.2, 0.25) is 5.02 Å². The summed E-state index contributed by atoms with van der Waals surface area (Å²) in [6.07, 6.45) is 3.35. The van der Waals surface area contributed by atoms with Crippen LogP contribution in [-0.4, -0.2) is 25.0 Å². The summed E-state index contributed by atoms with van der Waals surface area (Å²) in [5.74, 6) is 1.23. The Morgan fingerprint density at radius 1 is 1.27 bits per heavy atom. The fourth-order valence-corrected chi connectivity index (χ4v) is 2.35. The lowest BCUT2D eigenvalue weighted by Crippen LogP contribution is -2.31. The van der Waals surface area contributed by atoms with E-state index in [1.165, 1.54) is 0 Å². The second kappa shape index (κ2) is 10.4. The highest BCUT2D eigenvalue weighted by Gasteiger charge is 2.07. The molecular weight excluding hydrogens is 370 g/mol. The van der Waals surface area contributed by atoms with E-state index in [2.05, 4.69) is 22.4 Å². The molecule has 0 aliphatic carbocycles. The van der Waals surface area contributed by atoms with Crippen molar-refractivity contribution in [2.75, 3.05) is 13.7 Å². The molecule has 0 atom stereocenters. The molecule has 2 aromatic carbocycles. The van der Waals surface area contributed by atoms with Crippen LogP contribution >= 0.6 is 23.8 Å². The number of methoxy groups -OCH3 is 1. The summed E-state index contributed by atoms with van der Waals surface area (Å²) in [5.41, 5.74) is 4.46. The average Bonchev–Trinajstić information content (AvgIpc) is 2.66. The van der Waals surface area contributed by atoms with Crippen molar-refractivity contribution in [1.82, 2.24) is 10.7 Å². The largest absolute Gasteiger partial charge is 0.493 e. The molecule has 0 spiro atoms. The monoisotopic (exact) mass is 389 g/mol. The molecule has 0 radical (unpaired) electrons. The molecule has 0 saturated heterocycles. The summed E-state index contributed by atoms with van der Waals surface area (Å²) in [7, 11) is 1.59. The zero-order chi connectivity index (χ0) is 18.8. The molecule has 0 unspecified atom stereocenters. The van der Waals surface area contributed by atoms with E-state index in [-0.39, 0.29) is 0 Å². The lowest BCUT2D eigenvalue weighted by atomic mass is 10.2. The second-order valence-corrected chi connectivity index (χ2v) is 5.97. The minimum Gasteiger partial charge on any atom is -0.493 e. The van der Waals surface area contributed by atoms with Crippen LogP contribution in [-0.2, 0) is 6.61 Å². The van der Waals surface area contributed by atoms with Crippen molar-refractivity contribution in [3.8, 4) is 11.5 Å². The van der Waals surface area contributed by atoms with Crippen molar-refractivity contribution in [1.29, 1.82) is 0 Å². The summed E-state index contributed by atoms with van der Waals surface area (Å²) in [6, 6.07) is 13.1. The van der Waals surface area contributed by atoms with Crippen LogP contribution in [0, 0.1) is 0 Å². The van der Waals surface area contributed by atoms with Gasteiger partial charge in [-0.15, -0.1) is 6.58 Å². The van der Waals surface area contributed by atoms with Gasteiger partial charge in [-0.1, -0.05) is 35.9 Å². The van der Waals surface area contributed by atoms with E-state index < -0.39 is 0 Å². The van der Waals surface area contributed by atoms with E-state index in [1.807, 2.05) is 42.5 Å². The Morgan fingerprint density at radius 3 is 2.81 bits per heavy atom. The Morgan fingerprint density at radius 2 is 2.08 bits per heavy atom. The highest BCUT2D eigenvalue weighted by Crippen LogP contribution is 2.29. The highest BCUT2D eigenvalue weighted by molar-refractivity contribution is 7.80. The van der Waals surface area contributed by atoms with Crippen molar-refractivity contribution in [3.05, 3.63) is 71.3 Å². The van der Waals surface area contributed by atoms with Gasteiger partial charge in [0.15, 0.2) is 16.6 Å². The van der Waals surface area contributed by atoms with Crippen LogP contribution in [0.1, 0.15) is 11.1 Å². The van der Waals surface area contributed by atoms with E-state index in [0.717, 1.165) is 11.1 Å². The molecule has 5 nitrogen and oxygen atoms in total. The van der Waals surface area contributed by atoms with Crippen LogP contribution in [0.25, 0.3) is 0 Å². The first kappa shape index (κ1) is 19.8. The van der Waals surface area contributed by atoms with Gasteiger partial charge in [-0.05, 0) is 42.0 Å². The number of rotatable bonds is 8. The number of nitrogens with zero attached hydrogens (tertiary/aromatic N) is 1. The van der Waals surface area contributed by atoms with E-state index in [9.17, 15) is 0 Å². The first-order valence-electron chi connectivity index (χ1n) is 7.86. The third-order valence-electron chi connectivity index (χ3n) is 3.32. The Bertz CT molecular complexity index is 796. The third-order valence-corrected chi connectivity index (χ3v) is 3.92. The molecule has 0 fully saturated rings. The van der Waals surface area contributed by atoms with Gasteiger partial charge in [0.05, 0.1) is 13.3 Å². The number of nitrogens with one attached hydrogen (secondary N) is 2. The third kappa shape index (κ3) is 6.06. The molecule has 0 bridgehead atoms. The average molecular weight is 390 g/mol. The standard InChI is InChI=1S/C19H20ClN3O2S/c1-3-10-21-19(26)23-22-12-14-8-9-17(24-2)18(11-14)25-13-15-6-4-5-7-16(15)20/h3-9,11-12H,1,10,13H2,2H3,(H2,21,23,26)/b22-12+. The van der Waals surface area contributed by atoms with Gasteiger partial charge in [0.1, 0.15) is 6.61 Å². The quantitative estimate of drug-likeness (QED) is 0.310. The van der Waals surface area contributed by atoms with E-state index in [1.54, 1.807) is 19.4 Å². The maximum absolute atomic E-state index is 6.16. The summed E-state index contributed by atoms with van der Waals surface area (Å²) < 4.78 is 11.2. The second-order valence-electron chi connectivity index (χ2n) is 5.16. The van der Waals surface area contributed by atoms with Gasteiger partial charge in [-0.2, -0.15) is 5.10 Å². The van der Waals surface area contributed by atoms with Crippen molar-refractivity contribution >= 4 is 35.1 Å². The van der Waals surface area contributed by atoms with Gasteiger partial charge in [0.2, 0.25) is 0 Å². The molecular formula is C19H20ClN3O2S. The molecule has 0 aromatic heterocycles. The first-order valence-corrected chi connectivity index (χ1v) is 8.64. The van der Waals surface area contributed by atoms with E-state index >= 15 is 0 Å². The molecule has 0 aliphatic rings. The van der Waals surface area contributed by atoms with Crippen molar-refractivity contribution < 1.29 is 9.47 Å². The number of hydrogen-bond acceptors (Lipinski definition) is 4. The number of benzene rings is 2. The van der Waals surface area contributed by atoms with Gasteiger partial charge in [-0.3, -0.25) is 5.43 Å². The molecule has 136 valence electrons. The number of ether oxygens (including phenoxy) is 2. The molecule has 2 aromatic rings. The minimum atomic E-state index is 0.338. The lowest BCUT2D eigenvalue weighted by molar-refractivity contribution is 0.284. The number of hydrogen-bond donors (Lipinski definition) is 2. The van der Waals surface area contributed by atoms with Crippen LogP contribution in [0.3, 0.4) is 0 Å². The lowest BCUT2D eigenvalue weighted by Gasteiger charge is -2.12. The zero-order valence-electron chi connectivity index (χ0n) is 14.4. The Labute approximate surface area is 163 Å². The Kier molecular flexibility index (Phi) is 7.92. The van der Waals surface area contributed by atoms with Gasteiger partial charge >= 0.3 is 0 Å². The van der Waals surface area contributed by atoms with Crippen molar-refractivity contribution in [2.45, 2.75) is 6.61 Å². The highest BCUT2D eigenvalue weighted by atomic mass is 35.5. The van der Waals surface area contributed by atoms with Crippen LogP contribution in [0.4, 0.5) is 0 Å². The number of halogens is 1. The fourth-order valence-electron chi connectivity index (χ4n) is 2.03. The van der Waals surface area contributed by atoms with Crippen molar-refractivity contribution in [2.24, 2.45) is 5.10 Å². The predicted molar refractivity (Wildman–Crippen MR) is 110 cm³/mol. The smallest absolute Gasteiger partial charge is 0.187 e. The summed E-state index contributed by atoms with van der Waals surface area (Å²) in [4.78, 5) is 0. The zero-order valence-corrected chi connectivity index (χ0v) is 15.9. The van der Waals surface area contributed by atoms with Crippen LogP contribution in [0.5, 0.6) is 11.5 Å². The Balaban J connectivity index is 2.04. The summed E-state index contributed by atoms with van der Waals surface area (Å²) in [6.45, 7) is 4.52. The van der Waals surface area contributed by atoms with Gasteiger partial charge < -0.3 is 14.8 Å². The van der Waals surface area contributed by atoms with Gasteiger partial charge in [-0.25, -0.2) is 0 Å². The maximum atomic E-state index is 6.16. The molecule has 7 heteroatoms. The van der Waals surface area contributed by atoms with Gasteiger partial charge in [0, 0.05) is 17.1 Å². The van der Waals surface area contributed by atoms with Crippen molar-refractivity contribution in [3.63, 3.8) is 0 Å². The molecule has 0 saturated carbocycles. The normalized spacial score (nSPS) is 10.4. The molecule has 2 N–H and O–H groups in total. The summed E-state index contributed by atoms with van der Waals surface area (Å²) >= 11 is 11.2. The first-order chi connectivity index (χ1) is 12.6. The van der Waals surface area contributed by atoms with E-state index in [4.69, 9.17) is 33.3 Å². The Hall–Kier alpha value is -2.57. The molecule has 26 heavy (non-hydrogen) atoms. The fraction of sp³-hybridized carbons (Fsp3) is 0.158. The topological polar surface area (TPSA) is 54.9 Å². The van der Waals surface area contributed by atoms with Crippen LogP contribution < -0.4 is 20.2 Å².